The fourth-order valence-corrected chi connectivity index (χ4v) is 6.39. The van der Waals surface area contributed by atoms with Crippen LogP contribution in [0.5, 0.6) is 5.75 Å². The van der Waals surface area contributed by atoms with Gasteiger partial charge in [-0.2, -0.15) is 4.57 Å². The summed E-state index contributed by atoms with van der Waals surface area (Å²) in [7, 11) is 0. The highest BCUT2D eigenvalue weighted by Gasteiger charge is 2.52. The first kappa shape index (κ1) is 24.9. The molecule has 2 N–H and O–H groups in total. The number of hydrogen-bond acceptors (Lipinski definition) is 7. The lowest BCUT2D eigenvalue weighted by molar-refractivity contribution is -0.687. The molecule has 1 saturated heterocycles. The molecule has 0 bridgehead atoms. The average molecular weight is 534 g/mol. The second-order valence-corrected chi connectivity index (χ2v) is 10.7. The molecule has 10 heteroatoms. The number of amides is 2. The van der Waals surface area contributed by atoms with Gasteiger partial charge in [0.2, 0.25) is 12.1 Å². The fourth-order valence-electron chi connectivity index (χ4n) is 4.32. The van der Waals surface area contributed by atoms with E-state index in [4.69, 9.17) is 0 Å². The minimum atomic E-state index is -1.43. The van der Waals surface area contributed by atoms with Crippen molar-refractivity contribution < 1.29 is 29.2 Å². The number of pyridine rings is 1. The lowest BCUT2D eigenvalue weighted by Crippen LogP contribution is -2.71. The third-order valence-corrected chi connectivity index (χ3v) is 8.37. The van der Waals surface area contributed by atoms with Crippen LogP contribution in [0.3, 0.4) is 0 Å². The molecule has 0 unspecified atom stereocenters. The van der Waals surface area contributed by atoms with Crippen molar-refractivity contribution in [3.05, 3.63) is 90.4 Å². The number of carboxylic acid groups (broad SMARTS) is 1. The number of β-lactam (4-membered cyclic amide) rings is 1. The number of aromatic hydroxyl groups is 1. The van der Waals surface area contributed by atoms with Crippen LogP contribution in [0, 0.1) is 0 Å². The number of rotatable bonds is 8. The van der Waals surface area contributed by atoms with E-state index in [2.05, 4.69) is 5.32 Å². The molecule has 0 aliphatic carbocycles. The van der Waals surface area contributed by atoms with Crippen LogP contribution in [0.15, 0.2) is 95.3 Å². The molecule has 2 atom stereocenters. The van der Waals surface area contributed by atoms with E-state index in [1.807, 2.05) is 42.5 Å². The topological polar surface area (TPSA) is 114 Å². The summed E-state index contributed by atoms with van der Waals surface area (Å²) < 4.78 is 1.74. The van der Waals surface area contributed by atoms with Crippen LogP contribution in [0.4, 0.5) is 0 Å². The molecule has 0 saturated carbocycles. The second kappa shape index (κ2) is 10.7. The minimum Gasteiger partial charge on any atom is -0.543 e. The Morgan fingerprint density at radius 3 is 2.78 bits per heavy atom. The van der Waals surface area contributed by atoms with Crippen molar-refractivity contribution in [3.63, 3.8) is 0 Å². The highest BCUT2D eigenvalue weighted by molar-refractivity contribution is 8.00. The highest BCUT2D eigenvalue weighted by atomic mass is 32.2. The summed E-state index contributed by atoms with van der Waals surface area (Å²) in [5.41, 5.74) is 0.300. The van der Waals surface area contributed by atoms with Crippen molar-refractivity contribution in [2.75, 3.05) is 11.5 Å². The predicted molar refractivity (Wildman–Crippen MR) is 139 cm³/mol. The van der Waals surface area contributed by atoms with E-state index in [1.54, 1.807) is 41.2 Å². The highest BCUT2D eigenvalue weighted by Crippen LogP contribution is 2.40. The number of benzene rings is 2. The van der Waals surface area contributed by atoms with Gasteiger partial charge in [-0.3, -0.25) is 14.5 Å². The summed E-state index contributed by atoms with van der Waals surface area (Å²) in [6, 6.07) is 16.4. The number of hydrogen-bond donors (Lipinski definition) is 2. The Morgan fingerprint density at radius 2 is 2.00 bits per heavy atom. The Kier molecular flexibility index (Phi) is 7.20. The molecule has 0 spiro atoms. The van der Waals surface area contributed by atoms with Gasteiger partial charge in [0.15, 0.2) is 18.5 Å². The van der Waals surface area contributed by atoms with Gasteiger partial charge >= 0.3 is 0 Å². The van der Waals surface area contributed by atoms with E-state index >= 15 is 0 Å². The quantitative estimate of drug-likeness (QED) is 0.257. The molecule has 2 aliphatic heterocycles. The van der Waals surface area contributed by atoms with Gasteiger partial charge in [-0.05, 0) is 40.6 Å². The molecule has 5 rings (SSSR count). The smallest absolute Gasteiger partial charge is 0.253 e. The number of allylic oxidation sites excluding steroid dienone is 2. The number of nitrogens with one attached hydrogen (secondary N) is 1. The molecule has 2 aromatic carbocycles. The number of carbonyl (C=O) groups excluding carboxylic acids is 3. The third-order valence-electron chi connectivity index (χ3n) is 6.08. The molecule has 8 nitrogen and oxygen atoms in total. The summed E-state index contributed by atoms with van der Waals surface area (Å²) in [6.45, 7) is 0.411. The van der Waals surface area contributed by atoms with Crippen molar-refractivity contribution in [2.45, 2.75) is 22.9 Å². The van der Waals surface area contributed by atoms with Crippen molar-refractivity contribution in [1.29, 1.82) is 0 Å². The zero-order valence-corrected chi connectivity index (χ0v) is 21.2. The van der Waals surface area contributed by atoms with E-state index in [1.165, 1.54) is 28.4 Å². The number of carboxylic acids is 1. The van der Waals surface area contributed by atoms with Gasteiger partial charge in [-0.1, -0.05) is 36.4 Å². The minimum absolute atomic E-state index is 0.122. The number of thioether (sulfide) groups is 2. The molecule has 2 aliphatic rings. The maximum absolute atomic E-state index is 12.9. The van der Waals surface area contributed by atoms with Crippen molar-refractivity contribution >= 4 is 52.1 Å². The lowest BCUT2D eigenvalue weighted by Gasteiger charge is -2.50. The number of aromatic nitrogens is 1. The Bertz CT molecular complexity index is 1450. The maximum atomic E-state index is 12.9. The summed E-state index contributed by atoms with van der Waals surface area (Å²) in [4.78, 5) is 39.5. The van der Waals surface area contributed by atoms with Crippen molar-refractivity contribution in [1.82, 2.24) is 10.2 Å². The van der Waals surface area contributed by atoms with Gasteiger partial charge in [-0.25, -0.2) is 0 Å². The first-order valence-electron chi connectivity index (χ1n) is 11.6. The SMILES string of the molecule is O=C(CSc1ccc2ccccc2c1)N[C@@H]1C(=O)N2C(C(=O)[O-])=C(/C=C/C[n+]3cccc(O)c3)CS[C@H]12. The largest absolute Gasteiger partial charge is 0.543 e. The summed E-state index contributed by atoms with van der Waals surface area (Å²) in [5, 5.41) is 26.0. The van der Waals surface area contributed by atoms with E-state index in [0.29, 0.717) is 17.9 Å². The van der Waals surface area contributed by atoms with Crippen LogP contribution in [-0.2, 0) is 20.9 Å². The van der Waals surface area contributed by atoms with E-state index in [-0.39, 0.29) is 23.1 Å². The Balaban J connectivity index is 1.21. The summed E-state index contributed by atoms with van der Waals surface area (Å²) >= 11 is 2.78. The van der Waals surface area contributed by atoms with Crippen molar-refractivity contribution in [2.24, 2.45) is 0 Å². The molecular formula is C27H23N3O5S2. The fraction of sp³-hybridized carbons (Fsp3) is 0.185. The standard InChI is InChI=1S/C27H23N3O5S2/c31-20-8-4-12-29(14-20)11-3-7-19-15-37-26-23(25(33)30(26)24(19)27(34)35)28-22(32)16-36-21-10-9-17-5-1-2-6-18(17)13-21/h1-10,12-14,23,26H,11,15-16H2,(H2-,28,31,32,34,35)/b7-3+/t23-,26-/m1/s1. The van der Waals surface area contributed by atoms with Crippen LogP contribution < -0.4 is 15.0 Å². The van der Waals surface area contributed by atoms with Gasteiger partial charge < -0.3 is 20.3 Å². The Morgan fingerprint density at radius 1 is 1.19 bits per heavy atom. The number of aliphatic carboxylic acids is 1. The average Bonchev–Trinajstić information content (AvgIpc) is 2.90. The predicted octanol–water partition coefficient (Wildman–Crippen LogP) is 1.59. The number of fused-ring (bicyclic) bond motifs is 2. The monoisotopic (exact) mass is 533 g/mol. The molecule has 3 aromatic rings. The van der Waals surface area contributed by atoms with Crippen LogP contribution in [0.25, 0.3) is 10.8 Å². The third kappa shape index (κ3) is 5.35. The normalized spacial score (nSPS) is 19.1. The summed E-state index contributed by atoms with van der Waals surface area (Å²) in [5.74, 6) is -1.56. The van der Waals surface area contributed by atoms with Gasteiger partial charge in [0, 0.05) is 16.7 Å². The molecule has 1 aromatic heterocycles. The van der Waals surface area contributed by atoms with Gasteiger partial charge in [-0.15, -0.1) is 23.5 Å². The van der Waals surface area contributed by atoms with Gasteiger partial charge in [0.05, 0.1) is 17.4 Å². The lowest BCUT2D eigenvalue weighted by atomic mass is 10.0. The molecule has 188 valence electrons. The second-order valence-electron chi connectivity index (χ2n) is 8.58. The molecule has 0 radical (unpaired) electrons. The molecule has 2 amide bonds. The van der Waals surface area contributed by atoms with Gasteiger partial charge in [0.1, 0.15) is 11.4 Å². The number of carbonyl (C=O) groups is 3. The number of nitrogens with zero attached hydrogens (tertiary/aromatic N) is 2. The maximum Gasteiger partial charge on any atom is 0.253 e. The molecule has 37 heavy (non-hydrogen) atoms. The molecule has 3 heterocycles. The first-order valence-corrected chi connectivity index (χ1v) is 13.6. The van der Waals surface area contributed by atoms with Crippen molar-refractivity contribution in [3.8, 4) is 5.75 Å². The summed E-state index contributed by atoms with van der Waals surface area (Å²) in [6.07, 6.45) is 6.74. The van der Waals surface area contributed by atoms with Crippen LogP contribution in [0.1, 0.15) is 0 Å². The molecule has 1 fully saturated rings. The van der Waals surface area contributed by atoms with E-state index < -0.39 is 23.3 Å². The molecular weight excluding hydrogens is 510 g/mol. The first-order chi connectivity index (χ1) is 17.9. The van der Waals surface area contributed by atoms with E-state index in [0.717, 1.165) is 15.7 Å². The zero-order valence-electron chi connectivity index (χ0n) is 19.6. The zero-order chi connectivity index (χ0) is 25.9. The van der Waals surface area contributed by atoms with Crippen LogP contribution >= 0.6 is 23.5 Å². The Labute approximate surface area is 221 Å². The van der Waals surface area contributed by atoms with Crippen LogP contribution in [-0.4, -0.2) is 50.7 Å². The van der Waals surface area contributed by atoms with E-state index in [9.17, 15) is 24.6 Å². The Hall–Kier alpha value is -3.76. The van der Waals surface area contributed by atoms with Crippen LogP contribution in [0.2, 0.25) is 0 Å². The van der Waals surface area contributed by atoms with Gasteiger partial charge in [0.25, 0.3) is 5.91 Å².